The van der Waals surface area contributed by atoms with Crippen LogP contribution >= 0.6 is 0 Å². The molecule has 1 N–H and O–H groups in total. The lowest BCUT2D eigenvalue weighted by Crippen LogP contribution is -2.47. The number of amides is 1. The number of piperidine rings is 1. The third kappa shape index (κ3) is 3.66. The van der Waals surface area contributed by atoms with Crippen LogP contribution in [-0.2, 0) is 9.53 Å². The van der Waals surface area contributed by atoms with Gasteiger partial charge in [-0.15, -0.1) is 0 Å². The second kappa shape index (κ2) is 7.59. The average Bonchev–Trinajstić information content (AvgIpc) is 3.31. The van der Waals surface area contributed by atoms with Crippen molar-refractivity contribution in [3.8, 4) is 11.3 Å². The molecule has 1 amide bonds. The number of H-pyrrole nitrogens is 1. The van der Waals surface area contributed by atoms with Crippen molar-refractivity contribution in [1.29, 1.82) is 0 Å². The number of ether oxygens (including phenoxy) is 1. The predicted molar refractivity (Wildman–Crippen MR) is 94.6 cm³/mol. The largest absolute Gasteiger partial charge is 0.378 e. The van der Waals surface area contributed by atoms with E-state index in [0.717, 1.165) is 48.6 Å². The molecule has 0 spiro atoms. The molecule has 0 radical (unpaired) electrons. The van der Waals surface area contributed by atoms with Gasteiger partial charge in [0.25, 0.3) is 0 Å². The lowest BCUT2D eigenvalue weighted by atomic mass is 9.92. The van der Waals surface area contributed by atoms with E-state index in [9.17, 15) is 4.79 Å². The summed E-state index contributed by atoms with van der Waals surface area (Å²) in [4.78, 5) is 16.7. The number of carbonyl (C=O) groups excluding carboxylic acids is 1. The van der Waals surface area contributed by atoms with E-state index in [-0.39, 0.29) is 5.91 Å². The van der Waals surface area contributed by atoms with E-state index in [0.29, 0.717) is 38.8 Å². The van der Waals surface area contributed by atoms with Crippen LogP contribution in [0.25, 0.3) is 11.3 Å². The Hall–Kier alpha value is -2.19. The molecule has 0 bridgehead atoms. The molecule has 4 heterocycles. The van der Waals surface area contributed by atoms with E-state index in [1.165, 1.54) is 0 Å². The standard InChI is InChI=1S/C18H25N5O3/c1-13-9-16(26-21-13)15-10-19-20-18(15)14-3-2-4-22(11-14)12-17(24)23-5-7-25-8-6-23/h9-10,14H,2-8,11-12H2,1H3,(H,19,20). The van der Waals surface area contributed by atoms with Gasteiger partial charge >= 0.3 is 0 Å². The molecule has 2 fully saturated rings. The predicted octanol–water partition coefficient (Wildman–Crippen LogP) is 1.41. The zero-order chi connectivity index (χ0) is 17.9. The monoisotopic (exact) mass is 359 g/mol. The molecule has 0 saturated carbocycles. The summed E-state index contributed by atoms with van der Waals surface area (Å²) in [5, 5.41) is 11.3. The van der Waals surface area contributed by atoms with Crippen molar-refractivity contribution in [3.63, 3.8) is 0 Å². The van der Waals surface area contributed by atoms with Crippen LogP contribution in [0.5, 0.6) is 0 Å². The van der Waals surface area contributed by atoms with E-state index in [4.69, 9.17) is 9.26 Å². The molecule has 140 valence electrons. The van der Waals surface area contributed by atoms with Gasteiger partial charge in [0.1, 0.15) is 0 Å². The number of hydrogen-bond donors (Lipinski definition) is 1. The summed E-state index contributed by atoms with van der Waals surface area (Å²) < 4.78 is 10.7. The molecule has 2 aromatic rings. The highest BCUT2D eigenvalue weighted by Gasteiger charge is 2.28. The molecular formula is C18H25N5O3. The molecule has 2 aliphatic heterocycles. The Morgan fingerprint density at radius 1 is 1.35 bits per heavy atom. The van der Waals surface area contributed by atoms with Gasteiger partial charge in [-0.05, 0) is 26.3 Å². The van der Waals surface area contributed by atoms with Gasteiger partial charge in [0.15, 0.2) is 5.76 Å². The zero-order valence-corrected chi connectivity index (χ0v) is 15.1. The molecule has 4 rings (SSSR count). The summed E-state index contributed by atoms with van der Waals surface area (Å²) in [7, 11) is 0. The van der Waals surface area contributed by atoms with E-state index < -0.39 is 0 Å². The lowest BCUT2D eigenvalue weighted by molar-refractivity contribution is -0.136. The molecule has 0 aliphatic carbocycles. The molecule has 2 aliphatic rings. The van der Waals surface area contributed by atoms with Crippen LogP contribution in [-0.4, -0.2) is 77.0 Å². The number of nitrogens with zero attached hydrogens (tertiary/aromatic N) is 4. The summed E-state index contributed by atoms with van der Waals surface area (Å²) in [5.41, 5.74) is 2.90. The second-order valence-electron chi connectivity index (χ2n) is 7.10. The smallest absolute Gasteiger partial charge is 0.236 e. The average molecular weight is 359 g/mol. The first-order valence-electron chi connectivity index (χ1n) is 9.25. The fourth-order valence-electron chi connectivity index (χ4n) is 3.83. The van der Waals surface area contributed by atoms with Gasteiger partial charge in [0.05, 0.1) is 42.9 Å². The quantitative estimate of drug-likeness (QED) is 0.888. The first-order chi connectivity index (χ1) is 12.7. The highest BCUT2D eigenvalue weighted by atomic mass is 16.5. The molecule has 8 heteroatoms. The van der Waals surface area contributed by atoms with Crippen LogP contribution in [0, 0.1) is 6.92 Å². The molecule has 26 heavy (non-hydrogen) atoms. The summed E-state index contributed by atoms with van der Waals surface area (Å²) in [6.45, 7) is 6.87. The van der Waals surface area contributed by atoms with Crippen LogP contribution in [0.3, 0.4) is 0 Å². The van der Waals surface area contributed by atoms with Crippen LogP contribution in [0.2, 0.25) is 0 Å². The topological polar surface area (TPSA) is 87.5 Å². The second-order valence-corrected chi connectivity index (χ2v) is 7.10. The normalized spacial score (nSPS) is 21.9. The van der Waals surface area contributed by atoms with E-state index in [1.54, 1.807) is 6.20 Å². The summed E-state index contributed by atoms with van der Waals surface area (Å²) in [6, 6.07) is 1.93. The Morgan fingerprint density at radius 2 is 2.19 bits per heavy atom. The fraction of sp³-hybridized carbons (Fsp3) is 0.611. The van der Waals surface area contributed by atoms with Gasteiger partial charge in [-0.1, -0.05) is 5.16 Å². The van der Waals surface area contributed by atoms with Crippen molar-refractivity contribution in [2.75, 3.05) is 45.9 Å². The van der Waals surface area contributed by atoms with E-state index in [2.05, 4.69) is 20.3 Å². The van der Waals surface area contributed by atoms with Gasteiger partial charge in [-0.25, -0.2) is 0 Å². The first-order valence-corrected chi connectivity index (χ1v) is 9.25. The maximum Gasteiger partial charge on any atom is 0.236 e. The third-order valence-electron chi connectivity index (χ3n) is 5.20. The Labute approximate surface area is 152 Å². The van der Waals surface area contributed by atoms with E-state index in [1.807, 2.05) is 17.9 Å². The molecule has 1 unspecified atom stereocenters. The minimum Gasteiger partial charge on any atom is -0.378 e. The van der Waals surface area contributed by atoms with Gasteiger partial charge in [0, 0.05) is 31.6 Å². The molecule has 1 atom stereocenters. The van der Waals surface area contributed by atoms with Gasteiger partial charge in [0.2, 0.25) is 5.91 Å². The summed E-state index contributed by atoms with van der Waals surface area (Å²) >= 11 is 0. The highest BCUT2D eigenvalue weighted by molar-refractivity contribution is 5.78. The van der Waals surface area contributed by atoms with Crippen LogP contribution in [0.15, 0.2) is 16.8 Å². The fourth-order valence-corrected chi connectivity index (χ4v) is 3.83. The Kier molecular flexibility index (Phi) is 5.03. The number of hydrogen-bond acceptors (Lipinski definition) is 6. The lowest BCUT2D eigenvalue weighted by Gasteiger charge is -2.34. The SMILES string of the molecule is Cc1cc(-c2cn[nH]c2C2CCCN(CC(=O)N3CCOCC3)C2)on1. The van der Waals surface area contributed by atoms with Crippen molar-refractivity contribution in [3.05, 3.63) is 23.7 Å². The Bertz CT molecular complexity index is 750. The van der Waals surface area contributed by atoms with Crippen LogP contribution in [0.1, 0.15) is 30.1 Å². The molecular weight excluding hydrogens is 334 g/mol. The molecule has 2 saturated heterocycles. The Balaban J connectivity index is 1.43. The number of aromatic amines is 1. The van der Waals surface area contributed by atoms with Crippen molar-refractivity contribution in [2.24, 2.45) is 0 Å². The minimum atomic E-state index is 0.199. The van der Waals surface area contributed by atoms with Crippen molar-refractivity contribution in [2.45, 2.75) is 25.7 Å². The van der Waals surface area contributed by atoms with Gasteiger partial charge < -0.3 is 14.2 Å². The molecule has 8 nitrogen and oxygen atoms in total. The maximum absolute atomic E-state index is 12.5. The van der Waals surface area contributed by atoms with Crippen LogP contribution in [0.4, 0.5) is 0 Å². The number of nitrogens with one attached hydrogen (secondary N) is 1. The highest BCUT2D eigenvalue weighted by Crippen LogP contribution is 2.33. The number of aryl methyl sites for hydroxylation is 1. The number of aromatic nitrogens is 3. The number of likely N-dealkylation sites (tertiary alicyclic amines) is 1. The van der Waals surface area contributed by atoms with Crippen molar-refractivity contribution >= 4 is 5.91 Å². The third-order valence-corrected chi connectivity index (χ3v) is 5.20. The Morgan fingerprint density at radius 3 is 2.96 bits per heavy atom. The van der Waals surface area contributed by atoms with Crippen molar-refractivity contribution in [1.82, 2.24) is 25.2 Å². The number of rotatable bonds is 4. The zero-order valence-electron chi connectivity index (χ0n) is 15.1. The number of morpholine rings is 1. The van der Waals surface area contributed by atoms with Gasteiger partial charge in [-0.2, -0.15) is 5.10 Å². The van der Waals surface area contributed by atoms with Gasteiger partial charge in [-0.3, -0.25) is 14.8 Å². The maximum atomic E-state index is 12.5. The van der Waals surface area contributed by atoms with E-state index >= 15 is 0 Å². The summed E-state index contributed by atoms with van der Waals surface area (Å²) in [5.74, 6) is 1.25. The first kappa shape index (κ1) is 17.2. The summed E-state index contributed by atoms with van der Waals surface area (Å²) in [6.07, 6.45) is 3.94. The molecule has 0 aromatic carbocycles. The van der Waals surface area contributed by atoms with Crippen molar-refractivity contribution < 1.29 is 14.1 Å². The number of carbonyl (C=O) groups is 1. The molecule has 2 aromatic heterocycles. The van der Waals surface area contributed by atoms with Crippen LogP contribution < -0.4 is 0 Å². The minimum absolute atomic E-state index is 0.199.